The minimum atomic E-state index is -1.17. The van der Waals surface area contributed by atoms with Crippen molar-refractivity contribution >= 4 is 17.8 Å². The fourth-order valence-corrected chi connectivity index (χ4v) is 2.08. The minimum Gasteiger partial charge on any atom is -0.508 e. The van der Waals surface area contributed by atoms with Gasteiger partial charge in [-0.15, -0.1) is 0 Å². The number of hydrogen-bond donors (Lipinski definition) is 4. The van der Waals surface area contributed by atoms with Crippen LogP contribution in [0.5, 0.6) is 5.75 Å². The standard InChI is InChI=1S/C16H22N2O5/c1-9(2)14(17-10(3)19)15(21)18-13(16(22)23)8-11-4-6-12(20)7-5-11/h4-7,9,13-14,20H,8H2,1-3H3,(H,17,19)(H,18,21)(H,22,23)/t13-,14-/m0/s1. The SMILES string of the molecule is CC(=O)N[C@H](C(=O)N[C@@H](Cc1ccc(O)cc1)C(=O)O)C(C)C. The van der Waals surface area contributed by atoms with Crippen LogP contribution >= 0.6 is 0 Å². The van der Waals surface area contributed by atoms with Crippen molar-refractivity contribution < 1.29 is 24.6 Å². The van der Waals surface area contributed by atoms with E-state index in [-0.39, 0.29) is 24.0 Å². The highest BCUT2D eigenvalue weighted by atomic mass is 16.4. The molecule has 0 saturated carbocycles. The Kier molecular flexibility index (Phi) is 6.56. The molecule has 126 valence electrons. The molecule has 0 aliphatic rings. The highest BCUT2D eigenvalue weighted by Crippen LogP contribution is 2.12. The van der Waals surface area contributed by atoms with Gasteiger partial charge in [0.15, 0.2) is 0 Å². The summed E-state index contributed by atoms with van der Waals surface area (Å²) < 4.78 is 0. The van der Waals surface area contributed by atoms with E-state index in [9.17, 15) is 24.6 Å². The summed E-state index contributed by atoms with van der Waals surface area (Å²) in [5, 5.41) is 23.5. The fraction of sp³-hybridized carbons (Fsp3) is 0.438. The molecule has 0 fully saturated rings. The lowest BCUT2D eigenvalue weighted by atomic mass is 10.0. The number of phenolic OH excluding ortho intramolecular Hbond substituents is 1. The van der Waals surface area contributed by atoms with Crippen molar-refractivity contribution in [2.75, 3.05) is 0 Å². The molecular weight excluding hydrogens is 300 g/mol. The monoisotopic (exact) mass is 322 g/mol. The zero-order valence-electron chi connectivity index (χ0n) is 13.4. The summed E-state index contributed by atoms with van der Waals surface area (Å²) in [5.74, 6) is -2.17. The Bertz CT molecular complexity index is 568. The van der Waals surface area contributed by atoms with Crippen LogP contribution in [-0.2, 0) is 20.8 Å². The van der Waals surface area contributed by atoms with Crippen LogP contribution in [0.4, 0.5) is 0 Å². The maximum atomic E-state index is 12.3. The predicted octanol–water partition coefficient (Wildman–Crippen LogP) is 0.665. The maximum absolute atomic E-state index is 12.3. The summed E-state index contributed by atoms with van der Waals surface area (Å²) in [4.78, 5) is 34.8. The molecule has 0 aromatic heterocycles. The summed E-state index contributed by atoms with van der Waals surface area (Å²) in [6.45, 7) is 4.82. The molecule has 1 aromatic carbocycles. The smallest absolute Gasteiger partial charge is 0.326 e. The molecular formula is C16H22N2O5. The van der Waals surface area contributed by atoms with E-state index in [1.807, 2.05) is 0 Å². The van der Waals surface area contributed by atoms with E-state index in [0.29, 0.717) is 5.56 Å². The maximum Gasteiger partial charge on any atom is 0.326 e. The van der Waals surface area contributed by atoms with Crippen molar-refractivity contribution in [1.82, 2.24) is 10.6 Å². The lowest BCUT2D eigenvalue weighted by Gasteiger charge is -2.23. The molecule has 1 aromatic rings. The van der Waals surface area contributed by atoms with Crippen molar-refractivity contribution in [2.24, 2.45) is 5.92 Å². The van der Waals surface area contributed by atoms with Gasteiger partial charge in [-0.1, -0.05) is 26.0 Å². The number of carbonyl (C=O) groups excluding carboxylic acids is 2. The molecule has 2 amide bonds. The van der Waals surface area contributed by atoms with Gasteiger partial charge in [0.05, 0.1) is 0 Å². The van der Waals surface area contributed by atoms with Gasteiger partial charge in [-0.25, -0.2) is 4.79 Å². The van der Waals surface area contributed by atoms with Crippen molar-refractivity contribution in [3.8, 4) is 5.75 Å². The number of carboxylic acids is 1. The molecule has 23 heavy (non-hydrogen) atoms. The van der Waals surface area contributed by atoms with Crippen LogP contribution in [0.1, 0.15) is 26.3 Å². The Morgan fingerprint density at radius 1 is 1.09 bits per heavy atom. The highest BCUT2D eigenvalue weighted by molar-refractivity contribution is 5.90. The minimum absolute atomic E-state index is 0.0756. The first-order chi connectivity index (χ1) is 10.7. The van der Waals surface area contributed by atoms with Gasteiger partial charge in [0.25, 0.3) is 0 Å². The third kappa shape index (κ3) is 5.98. The first-order valence-electron chi connectivity index (χ1n) is 7.29. The number of phenols is 1. The summed E-state index contributed by atoms with van der Waals surface area (Å²) in [7, 11) is 0. The normalized spacial score (nSPS) is 13.2. The summed E-state index contributed by atoms with van der Waals surface area (Å²) >= 11 is 0. The van der Waals surface area contributed by atoms with Crippen LogP contribution in [0, 0.1) is 5.92 Å². The second-order valence-electron chi connectivity index (χ2n) is 5.69. The predicted molar refractivity (Wildman–Crippen MR) is 83.8 cm³/mol. The quantitative estimate of drug-likeness (QED) is 0.589. The number of aliphatic carboxylic acids is 1. The fourth-order valence-electron chi connectivity index (χ4n) is 2.08. The van der Waals surface area contributed by atoms with Gasteiger partial charge in [-0.05, 0) is 23.6 Å². The first-order valence-corrected chi connectivity index (χ1v) is 7.29. The molecule has 0 heterocycles. The van der Waals surface area contributed by atoms with Gasteiger partial charge in [0.1, 0.15) is 17.8 Å². The lowest BCUT2D eigenvalue weighted by Crippen LogP contribution is -2.53. The van der Waals surface area contributed by atoms with Crippen LogP contribution in [0.25, 0.3) is 0 Å². The second-order valence-corrected chi connectivity index (χ2v) is 5.69. The zero-order chi connectivity index (χ0) is 17.6. The molecule has 1 rings (SSSR count). The van der Waals surface area contributed by atoms with Gasteiger partial charge in [0.2, 0.25) is 11.8 Å². The molecule has 7 nitrogen and oxygen atoms in total. The van der Waals surface area contributed by atoms with E-state index in [1.54, 1.807) is 26.0 Å². The number of nitrogens with one attached hydrogen (secondary N) is 2. The van der Waals surface area contributed by atoms with Gasteiger partial charge >= 0.3 is 5.97 Å². The molecule has 0 unspecified atom stereocenters. The van der Waals surface area contributed by atoms with E-state index < -0.39 is 24.0 Å². The average molecular weight is 322 g/mol. The van der Waals surface area contributed by atoms with Crippen molar-refractivity contribution in [3.05, 3.63) is 29.8 Å². The number of carboxylic acid groups (broad SMARTS) is 1. The zero-order valence-corrected chi connectivity index (χ0v) is 13.4. The van der Waals surface area contributed by atoms with Crippen molar-refractivity contribution in [3.63, 3.8) is 0 Å². The van der Waals surface area contributed by atoms with Crippen molar-refractivity contribution in [1.29, 1.82) is 0 Å². The van der Waals surface area contributed by atoms with E-state index >= 15 is 0 Å². The number of carbonyl (C=O) groups is 3. The van der Waals surface area contributed by atoms with Gasteiger partial charge < -0.3 is 20.8 Å². The molecule has 0 spiro atoms. The largest absolute Gasteiger partial charge is 0.508 e. The Morgan fingerprint density at radius 2 is 1.65 bits per heavy atom. The molecule has 0 radical (unpaired) electrons. The average Bonchev–Trinajstić information content (AvgIpc) is 2.45. The topological polar surface area (TPSA) is 116 Å². The molecule has 0 bridgehead atoms. The summed E-state index contributed by atoms with van der Waals surface area (Å²) in [6, 6.07) is 4.15. The van der Waals surface area contributed by atoms with Crippen LogP contribution < -0.4 is 10.6 Å². The van der Waals surface area contributed by atoms with Gasteiger partial charge in [-0.2, -0.15) is 0 Å². The van der Waals surface area contributed by atoms with Crippen LogP contribution in [-0.4, -0.2) is 40.1 Å². The van der Waals surface area contributed by atoms with Crippen LogP contribution in [0.15, 0.2) is 24.3 Å². The summed E-state index contributed by atoms with van der Waals surface area (Å²) in [6.07, 6.45) is 0.0756. The van der Waals surface area contributed by atoms with E-state index in [1.165, 1.54) is 19.1 Å². The second kappa shape index (κ2) is 8.17. The van der Waals surface area contributed by atoms with Crippen LogP contribution in [0.2, 0.25) is 0 Å². The lowest BCUT2D eigenvalue weighted by molar-refractivity contribution is -0.142. The van der Waals surface area contributed by atoms with E-state index in [2.05, 4.69) is 10.6 Å². The van der Waals surface area contributed by atoms with E-state index in [4.69, 9.17) is 0 Å². The van der Waals surface area contributed by atoms with Gasteiger partial charge in [0, 0.05) is 13.3 Å². The molecule has 4 N–H and O–H groups in total. The molecule has 7 heteroatoms. The third-order valence-electron chi connectivity index (χ3n) is 3.30. The van der Waals surface area contributed by atoms with Crippen molar-refractivity contribution in [2.45, 2.75) is 39.3 Å². The number of amides is 2. The molecule has 2 atom stereocenters. The molecule has 0 aliphatic carbocycles. The number of aromatic hydroxyl groups is 1. The summed E-state index contributed by atoms with van der Waals surface area (Å²) in [5.41, 5.74) is 0.663. The highest BCUT2D eigenvalue weighted by Gasteiger charge is 2.28. The molecule has 0 saturated heterocycles. The van der Waals surface area contributed by atoms with Gasteiger partial charge in [-0.3, -0.25) is 9.59 Å². The molecule has 0 aliphatic heterocycles. The number of rotatable bonds is 7. The van der Waals surface area contributed by atoms with Crippen LogP contribution in [0.3, 0.4) is 0 Å². The number of benzene rings is 1. The Balaban J connectivity index is 2.81. The Hall–Kier alpha value is -2.57. The number of hydrogen-bond acceptors (Lipinski definition) is 4. The Labute approximate surface area is 134 Å². The van der Waals surface area contributed by atoms with E-state index in [0.717, 1.165) is 0 Å². The third-order valence-corrected chi connectivity index (χ3v) is 3.30. The Morgan fingerprint density at radius 3 is 2.09 bits per heavy atom. The first kappa shape index (κ1) is 18.5.